The van der Waals surface area contributed by atoms with Gasteiger partial charge in [0, 0.05) is 17.8 Å². The van der Waals surface area contributed by atoms with Crippen molar-refractivity contribution in [3.05, 3.63) is 16.1 Å². The van der Waals surface area contributed by atoms with Crippen molar-refractivity contribution in [2.24, 2.45) is 29.4 Å². The Morgan fingerprint density at radius 3 is 3.05 bits per heavy atom. The monoisotopic (exact) mass is 305 g/mol. The molecule has 4 rings (SSSR count). The van der Waals surface area contributed by atoms with E-state index in [2.05, 4.69) is 10.3 Å². The first-order chi connectivity index (χ1) is 10.3. The van der Waals surface area contributed by atoms with Crippen LogP contribution in [0.4, 0.5) is 0 Å². The van der Waals surface area contributed by atoms with Crippen molar-refractivity contribution in [3.63, 3.8) is 0 Å². The Morgan fingerprint density at radius 2 is 2.19 bits per heavy atom. The summed E-state index contributed by atoms with van der Waals surface area (Å²) in [5.41, 5.74) is 6.11. The highest BCUT2D eigenvalue weighted by molar-refractivity contribution is 7.09. The number of nitrogens with one attached hydrogen (secondary N) is 1. The second-order valence-electron chi connectivity index (χ2n) is 6.90. The van der Waals surface area contributed by atoms with E-state index in [1.807, 2.05) is 5.38 Å². The molecule has 0 aliphatic heterocycles. The summed E-state index contributed by atoms with van der Waals surface area (Å²) in [6.07, 6.45) is 7.51. The zero-order valence-corrected chi connectivity index (χ0v) is 13.1. The minimum absolute atomic E-state index is 0.0154. The molecule has 5 unspecified atom stereocenters. The minimum Gasteiger partial charge on any atom is -0.348 e. The second kappa shape index (κ2) is 5.36. The van der Waals surface area contributed by atoms with Gasteiger partial charge in [-0.15, -0.1) is 11.3 Å². The average Bonchev–Trinajstić information content (AvgIpc) is 3.20. The van der Waals surface area contributed by atoms with E-state index in [1.165, 1.54) is 43.4 Å². The Balaban J connectivity index is 1.41. The van der Waals surface area contributed by atoms with Gasteiger partial charge in [0.2, 0.25) is 0 Å². The van der Waals surface area contributed by atoms with Gasteiger partial charge in [-0.25, -0.2) is 4.98 Å². The minimum atomic E-state index is 0.0154. The van der Waals surface area contributed by atoms with Crippen LogP contribution in [0, 0.1) is 23.7 Å². The summed E-state index contributed by atoms with van der Waals surface area (Å²) in [7, 11) is 0. The molecule has 1 aromatic rings. The summed E-state index contributed by atoms with van der Waals surface area (Å²) >= 11 is 1.54. The van der Waals surface area contributed by atoms with Gasteiger partial charge in [0.05, 0.1) is 5.01 Å². The first-order valence-electron chi connectivity index (χ1n) is 8.21. The molecule has 1 heterocycles. The number of aromatic nitrogens is 1. The number of hydrogen-bond donors (Lipinski definition) is 2. The van der Waals surface area contributed by atoms with Gasteiger partial charge in [-0.05, 0) is 55.9 Å². The molecule has 0 aromatic carbocycles. The summed E-state index contributed by atoms with van der Waals surface area (Å²) < 4.78 is 0. The van der Waals surface area contributed by atoms with Gasteiger partial charge in [-0.3, -0.25) is 4.79 Å². The molecule has 3 saturated carbocycles. The van der Waals surface area contributed by atoms with Crippen molar-refractivity contribution in [3.8, 4) is 0 Å². The molecule has 4 nitrogen and oxygen atoms in total. The number of nitrogens with zero attached hydrogens (tertiary/aromatic N) is 1. The second-order valence-corrected chi connectivity index (χ2v) is 7.84. The molecule has 0 spiro atoms. The molecular formula is C16H23N3OS. The van der Waals surface area contributed by atoms with E-state index in [-0.39, 0.29) is 5.91 Å². The maximum absolute atomic E-state index is 12.4. The molecule has 3 aliphatic rings. The summed E-state index contributed by atoms with van der Waals surface area (Å²) in [6, 6.07) is 0.390. The quantitative estimate of drug-likeness (QED) is 0.896. The van der Waals surface area contributed by atoms with Crippen LogP contribution in [-0.4, -0.2) is 23.5 Å². The largest absolute Gasteiger partial charge is 0.348 e. The smallest absolute Gasteiger partial charge is 0.270 e. The molecule has 2 bridgehead atoms. The van der Waals surface area contributed by atoms with Gasteiger partial charge < -0.3 is 11.1 Å². The van der Waals surface area contributed by atoms with Crippen LogP contribution >= 0.6 is 11.3 Å². The van der Waals surface area contributed by atoms with Crippen LogP contribution in [0.2, 0.25) is 0 Å². The molecule has 114 valence electrons. The summed E-state index contributed by atoms with van der Waals surface area (Å²) in [6.45, 7) is 0.587. The van der Waals surface area contributed by atoms with Gasteiger partial charge in [0.1, 0.15) is 5.69 Å². The molecule has 0 radical (unpaired) electrons. The van der Waals surface area contributed by atoms with Gasteiger partial charge in [0.15, 0.2) is 0 Å². The summed E-state index contributed by atoms with van der Waals surface area (Å²) in [4.78, 5) is 16.8. The van der Waals surface area contributed by atoms with E-state index in [0.29, 0.717) is 18.3 Å². The fourth-order valence-electron chi connectivity index (χ4n) is 5.13. The average molecular weight is 305 g/mol. The van der Waals surface area contributed by atoms with Crippen molar-refractivity contribution < 1.29 is 4.79 Å². The Hall–Kier alpha value is -0.940. The maximum atomic E-state index is 12.4. The van der Waals surface area contributed by atoms with Crippen LogP contribution in [-0.2, 0) is 6.42 Å². The topological polar surface area (TPSA) is 68.0 Å². The lowest BCUT2D eigenvalue weighted by Gasteiger charge is -2.31. The molecule has 5 heteroatoms. The Labute approximate surface area is 129 Å². The van der Waals surface area contributed by atoms with Crippen molar-refractivity contribution in [1.82, 2.24) is 10.3 Å². The molecule has 1 aromatic heterocycles. The fraction of sp³-hybridized carbons (Fsp3) is 0.750. The lowest BCUT2D eigenvalue weighted by atomic mass is 9.79. The molecule has 3 N–H and O–H groups in total. The highest BCUT2D eigenvalue weighted by Gasteiger charge is 2.54. The normalized spacial score (nSPS) is 36.9. The number of carbonyl (C=O) groups is 1. The van der Waals surface area contributed by atoms with E-state index in [0.717, 1.165) is 35.1 Å². The van der Waals surface area contributed by atoms with Crippen molar-refractivity contribution in [2.75, 3.05) is 6.54 Å². The van der Waals surface area contributed by atoms with Crippen molar-refractivity contribution in [1.29, 1.82) is 0 Å². The van der Waals surface area contributed by atoms with Gasteiger partial charge >= 0.3 is 0 Å². The number of thiazole rings is 1. The van der Waals surface area contributed by atoms with Crippen LogP contribution in [0.3, 0.4) is 0 Å². The van der Waals surface area contributed by atoms with E-state index < -0.39 is 0 Å². The summed E-state index contributed by atoms with van der Waals surface area (Å²) in [5.74, 6) is 3.47. The first-order valence-corrected chi connectivity index (χ1v) is 9.09. The van der Waals surface area contributed by atoms with Crippen LogP contribution < -0.4 is 11.1 Å². The number of carbonyl (C=O) groups excluding carboxylic acids is 1. The van der Waals surface area contributed by atoms with E-state index in [9.17, 15) is 4.79 Å². The highest BCUT2D eigenvalue weighted by Crippen LogP contribution is 2.58. The highest BCUT2D eigenvalue weighted by atomic mass is 32.1. The molecular weight excluding hydrogens is 282 g/mol. The standard InChI is InChI=1S/C16H23N3OS/c17-5-4-15-18-14(8-21-15)16(20)19-13-7-9-6-12(13)11-3-1-2-10(9)11/h8-13H,1-7,17H2,(H,19,20). The van der Waals surface area contributed by atoms with Gasteiger partial charge in [-0.1, -0.05) is 6.42 Å². The predicted molar refractivity (Wildman–Crippen MR) is 83.2 cm³/mol. The number of hydrogen-bond acceptors (Lipinski definition) is 4. The van der Waals surface area contributed by atoms with E-state index in [1.54, 1.807) is 0 Å². The summed E-state index contributed by atoms with van der Waals surface area (Å²) in [5, 5.41) is 6.10. The van der Waals surface area contributed by atoms with E-state index in [4.69, 9.17) is 5.73 Å². The predicted octanol–water partition coefficient (Wildman–Crippen LogP) is 2.20. The number of rotatable bonds is 4. The van der Waals surface area contributed by atoms with Crippen LogP contribution in [0.15, 0.2) is 5.38 Å². The molecule has 21 heavy (non-hydrogen) atoms. The zero-order valence-electron chi connectivity index (χ0n) is 12.3. The molecule has 1 amide bonds. The van der Waals surface area contributed by atoms with E-state index >= 15 is 0 Å². The van der Waals surface area contributed by atoms with Crippen LogP contribution in [0.25, 0.3) is 0 Å². The zero-order chi connectivity index (χ0) is 14.4. The lowest BCUT2D eigenvalue weighted by molar-refractivity contribution is 0.0896. The Kier molecular flexibility index (Phi) is 3.50. The number of fused-ring (bicyclic) bond motifs is 5. The fourth-order valence-corrected chi connectivity index (χ4v) is 5.92. The molecule has 3 fully saturated rings. The van der Waals surface area contributed by atoms with Crippen molar-refractivity contribution in [2.45, 2.75) is 44.6 Å². The SMILES string of the molecule is NCCc1nc(C(=O)NC2CC3CC2C2CCCC32)cs1. The third-order valence-corrected chi connectivity index (χ3v) is 6.80. The molecule has 3 aliphatic carbocycles. The van der Waals surface area contributed by atoms with Crippen LogP contribution in [0.5, 0.6) is 0 Å². The first kappa shape index (κ1) is 13.7. The van der Waals surface area contributed by atoms with Crippen molar-refractivity contribution >= 4 is 17.2 Å². The molecule has 5 atom stereocenters. The van der Waals surface area contributed by atoms with Crippen LogP contribution in [0.1, 0.15) is 47.6 Å². The number of amides is 1. The van der Waals surface area contributed by atoms with Gasteiger partial charge in [0.25, 0.3) is 5.91 Å². The van der Waals surface area contributed by atoms with Gasteiger partial charge in [-0.2, -0.15) is 0 Å². The Bertz CT molecular complexity index is 543. The molecule has 0 saturated heterocycles. The third-order valence-electron chi connectivity index (χ3n) is 5.89. The Morgan fingerprint density at radius 1 is 1.33 bits per heavy atom. The lowest BCUT2D eigenvalue weighted by Crippen LogP contribution is -2.42. The third kappa shape index (κ3) is 2.30. The number of nitrogens with two attached hydrogens (primary N) is 1. The maximum Gasteiger partial charge on any atom is 0.270 e.